The number of hydrogen-bond acceptors (Lipinski definition) is 3. The lowest BCUT2D eigenvalue weighted by Gasteiger charge is -2.19. The van der Waals surface area contributed by atoms with Crippen LogP contribution in [-0.2, 0) is 13.6 Å². The van der Waals surface area contributed by atoms with Crippen LogP contribution in [-0.4, -0.2) is 17.6 Å². The van der Waals surface area contributed by atoms with Crippen molar-refractivity contribution in [3.8, 4) is 16.9 Å². The number of ether oxygens (including phenoxy) is 1. The molecule has 0 atom stereocenters. The van der Waals surface area contributed by atoms with Gasteiger partial charge in [-0.1, -0.05) is 60.1 Å². The third kappa shape index (κ3) is 3.87. The van der Waals surface area contributed by atoms with Crippen LogP contribution >= 0.6 is 11.6 Å². The van der Waals surface area contributed by atoms with Gasteiger partial charge in [-0.05, 0) is 41.6 Å². The van der Waals surface area contributed by atoms with Crippen LogP contribution in [0.4, 0.5) is 0 Å². The van der Waals surface area contributed by atoms with Crippen molar-refractivity contribution in [1.29, 1.82) is 0 Å². The zero-order chi connectivity index (χ0) is 22.8. The molecule has 6 heteroatoms. The predicted molar refractivity (Wildman–Crippen MR) is 129 cm³/mol. The molecular formula is C26H23ClN2O3. The van der Waals surface area contributed by atoms with Gasteiger partial charge in [-0.3, -0.25) is 9.59 Å². The molecule has 0 aliphatic heterocycles. The first-order valence-electron chi connectivity index (χ1n) is 10.2. The van der Waals surface area contributed by atoms with E-state index < -0.39 is 0 Å². The van der Waals surface area contributed by atoms with E-state index >= 15 is 0 Å². The summed E-state index contributed by atoms with van der Waals surface area (Å²) in [5.74, 6) is 0.347. The predicted octanol–water partition coefficient (Wildman–Crippen LogP) is 5.11. The topological polar surface area (TPSA) is 60.3 Å². The van der Waals surface area contributed by atoms with Gasteiger partial charge in [0, 0.05) is 35.1 Å². The summed E-state index contributed by atoms with van der Waals surface area (Å²) in [4.78, 5) is 26.6. The van der Waals surface area contributed by atoms with Gasteiger partial charge in [0.05, 0.1) is 7.11 Å². The van der Waals surface area contributed by atoms with E-state index in [-0.39, 0.29) is 18.0 Å². The summed E-state index contributed by atoms with van der Waals surface area (Å²) in [6.07, 6.45) is 0. The Morgan fingerprint density at radius 1 is 1.03 bits per heavy atom. The molecule has 4 rings (SSSR count). The molecule has 0 spiro atoms. The molecule has 1 aromatic heterocycles. The maximum absolute atomic E-state index is 13.5. The molecule has 1 N–H and O–H groups in total. The van der Waals surface area contributed by atoms with Crippen molar-refractivity contribution in [1.82, 2.24) is 9.88 Å². The van der Waals surface area contributed by atoms with Crippen LogP contribution in [0, 0.1) is 6.92 Å². The zero-order valence-corrected chi connectivity index (χ0v) is 18.9. The van der Waals surface area contributed by atoms with E-state index in [0.717, 1.165) is 16.7 Å². The highest BCUT2D eigenvalue weighted by molar-refractivity contribution is 6.31. The third-order valence-electron chi connectivity index (χ3n) is 5.62. The number of carbonyl (C=O) groups is 1. The molecular weight excluding hydrogens is 424 g/mol. The lowest BCUT2D eigenvalue weighted by atomic mass is 9.93. The molecule has 0 unspecified atom stereocenters. The van der Waals surface area contributed by atoms with Crippen molar-refractivity contribution < 1.29 is 9.53 Å². The first-order valence-corrected chi connectivity index (χ1v) is 10.6. The van der Waals surface area contributed by atoms with Gasteiger partial charge in [0.25, 0.3) is 11.5 Å². The van der Waals surface area contributed by atoms with E-state index in [0.29, 0.717) is 32.8 Å². The number of pyridine rings is 1. The lowest BCUT2D eigenvalue weighted by Crippen LogP contribution is -2.32. The SMILES string of the molecule is COc1ccccc1CNC(=O)c1c(-c2ccccc2C)c2ccc(Cl)cc2c(=O)n1C. The van der Waals surface area contributed by atoms with Crippen molar-refractivity contribution in [2.45, 2.75) is 13.5 Å². The molecule has 0 aliphatic rings. The Balaban J connectivity index is 1.90. The number of nitrogens with one attached hydrogen (secondary N) is 1. The molecule has 162 valence electrons. The molecule has 0 saturated carbocycles. The highest BCUT2D eigenvalue weighted by Gasteiger charge is 2.23. The first kappa shape index (κ1) is 21.7. The lowest BCUT2D eigenvalue weighted by molar-refractivity contribution is 0.0942. The maximum atomic E-state index is 13.5. The number of carbonyl (C=O) groups excluding carboxylic acids is 1. The minimum atomic E-state index is -0.342. The average Bonchev–Trinajstić information content (AvgIpc) is 2.80. The average molecular weight is 447 g/mol. The second-order valence-corrected chi connectivity index (χ2v) is 8.02. The van der Waals surface area contributed by atoms with Gasteiger partial charge in [0.2, 0.25) is 0 Å². The molecule has 0 aliphatic carbocycles. The molecule has 0 radical (unpaired) electrons. The van der Waals surface area contributed by atoms with Crippen LogP contribution in [0.15, 0.2) is 71.5 Å². The van der Waals surface area contributed by atoms with Crippen molar-refractivity contribution in [3.63, 3.8) is 0 Å². The Hall–Kier alpha value is -3.57. The minimum absolute atomic E-state index is 0.267. The van der Waals surface area contributed by atoms with Gasteiger partial charge in [-0.25, -0.2) is 0 Å². The van der Waals surface area contributed by atoms with Gasteiger partial charge >= 0.3 is 0 Å². The summed E-state index contributed by atoms with van der Waals surface area (Å²) in [5, 5.41) is 4.59. The summed E-state index contributed by atoms with van der Waals surface area (Å²) >= 11 is 6.18. The minimum Gasteiger partial charge on any atom is -0.496 e. The zero-order valence-electron chi connectivity index (χ0n) is 18.1. The van der Waals surface area contributed by atoms with Gasteiger partial charge in [0.15, 0.2) is 0 Å². The van der Waals surface area contributed by atoms with E-state index in [4.69, 9.17) is 16.3 Å². The largest absolute Gasteiger partial charge is 0.496 e. The standard InChI is InChI=1S/C26H23ClN2O3/c1-16-8-4-6-10-19(16)23-20-13-12-18(27)14-21(20)26(31)29(2)24(23)25(30)28-15-17-9-5-7-11-22(17)32-3/h4-14H,15H2,1-3H3,(H,28,30). The molecule has 0 bridgehead atoms. The van der Waals surface area contributed by atoms with Crippen LogP contribution in [0.5, 0.6) is 5.75 Å². The van der Waals surface area contributed by atoms with Crippen molar-refractivity contribution in [3.05, 3.63) is 98.9 Å². The van der Waals surface area contributed by atoms with Crippen molar-refractivity contribution in [2.24, 2.45) is 7.05 Å². The van der Waals surface area contributed by atoms with Crippen LogP contribution in [0.1, 0.15) is 21.6 Å². The van der Waals surface area contributed by atoms with E-state index in [2.05, 4.69) is 5.32 Å². The summed E-state index contributed by atoms with van der Waals surface area (Å²) in [5.41, 5.74) is 3.46. The van der Waals surface area contributed by atoms with E-state index in [9.17, 15) is 9.59 Å². The number of nitrogens with zero attached hydrogens (tertiary/aromatic N) is 1. The van der Waals surface area contributed by atoms with Crippen LogP contribution < -0.4 is 15.6 Å². The number of para-hydroxylation sites is 1. The Morgan fingerprint density at radius 2 is 1.75 bits per heavy atom. The smallest absolute Gasteiger partial charge is 0.268 e. The molecule has 32 heavy (non-hydrogen) atoms. The van der Waals surface area contributed by atoms with E-state index in [1.54, 1.807) is 32.4 Å². The molecule has 5 nitrogen and oxygen atoms in total. The van der Waals surface area contributed by atoms with E-state index in [1.165, 1.54) is 4.57 Å². The number of benzene rings is 3. The third-order valence-corrected chi connectivity index (χ3v) is 5.85. The monoisotopic (exact) mass is 446 g/mol. The maximum Gasteiger partial charge on any atom is 0.268 e. The van der Waals surface area contributed by atoms with Gasteiger partial charge in [-0.2, -0.15) is 0 Å². The normalized spacial score (nSPS) is 10.9. The van der Waals surface area contributed by atoms with Crippen molar-refractivity contribution >= 4 is 28.3 Å². The fourth-order valence-corrected chi connectivity index (χ4v) is 4.16. The molecule has 0 saturated heterocycles. The number of aryl methyl sites for hydroxylation is 1. The number of fused-ring (bicyclic) bond motifs is 1. The Morgan fingerprint density at radius 3 is 2.50 bits per heavy atom. The number of aromatic nitrogens is 1. The summed E-state index contributed by atoms with van der Waals surface area (Å²) < 4.78 is 6.79. The Bertz CT molecular complexity index is 1390. The van der Waals surface area contributed by atoms with Crippen LogP contribution in [0.25, 0.3) is 21.9 Å². The van der Waals surface area contributed by atoms with Gasteiger partial charge in [-0.15, -0.1) is 0 Å². The molecule has 1 heterocycles. The Kier molecular flexibility index (Phi) is 6.01. The second kappa shape index (κ2) is 8.89. The molecule has 0 fully saturated rings. The number of rotatable bonds is 5. The summed E-state index contributed by atoms with van der Waals surface area (Å²) in [7, 11) is 3.21. The molecule has 4 aromatic rings. The molecule has 3 aromatic carbocycles. The van der Waals surface area contributed by atoms with Crippen molar-refractivity contribution in [2.75, 3.05) is 7.11 Å². The summed E-state index contributed by atoms with van der Waals surface area (Å²) in [6.45, 7) is 2.25. The second-order valence-electron chi connectivity index (χ2n) is 7.59. The number of methoxy groups -OCH3 is 1. The van der Waals surface area contributed by atoms with E-state index in [1.807, 2.05) is 55.5 Å². The number of amides is 1. The van der Waals surface area contributed by atoms with Gasteiger partial charge < -0.3 is 14.6 Å². The fraction of sp³-hybridized carbons (Fsp3) is 0.154. The fourth-order valence-electron chi connectivity index (χ4n) is 3.99. The van der Waals surface area contributed by atoms with Gasteiger partial charge in [0.1, 0.15) is 11.4 Å². The van der Waals surface area contributed by atoms with Crippen LogP contribution in [0.2, 0.25) is 5.02 Å². The highest BCUT2D eigenvalue weighted by Crippen LogP contribution is 2.33. The number of halogens is 1. The first-order chi connectivity index (χ1) is 15.4. The summed E-state index contributed by atoms with van der Waals surface area (Å²) in [6, 6.07) is 20.5. The number of hydrogen-bond donors (Lipinski definition) is 1. The molecule has 1 amide bonds. The quantitative estimate of drug-likeness (QED) is 0.463. The highest BCUT2D eigenvalue weighted by atomic mass is 35.5. The Labute approximate surface area is 191 Å². The van der Waals surface area contributed by atoms with Crippen LogP contribution in [0.3, 0.4) is 0 Å².